The SMILES string of the molecule is Cc1cnc(C(=O)Cc2ccc(F)c([C@]3(C)COCC(N)=N3)c2)nc1. The average Bonchev–Trinajstić information content (AvgIpc) is 2.57. The molecule has 0 saturated heterocycles. The number of carbonyl (C=O) groups excluding carboxylic acids is 1. The fourth-order valence-electron chi connectivity index (χ4n) is 2.77. The van der Waals surface area contributed by atoms with Gasteiger partial charge in [0.25, 0.3) is 0 Å². The van der Waals surface area contributed by atoms with Gasteiger partial charge in [0, 0.05) is 24.4 Å². The molecule has 0 fully saturated rings. The van der Waals surface area contributed by atoms with Crippen LogP contribution in [0.1, 0.15) is 34.2 Å². The molecular weight excluding hydrogens is 323 g/mol. The number of rotatable bonds is 4. The number of hydrogen-bond acceptors (Lipinski definition) is 6. The van der Waals surface area contributed by atoms with Crippen molar-refractivity contribution in [2.24, 2.45) is 10.7 Å². The van der Waals surface area contributed by atoms with Crippen LogP contribution in [0.5, 0.6) is 0 Å². The van der Waals surface area contributed by atoms with Crippen LogP contribution in [0.3, 0.4) is 0 Å². The van der Waals surface area contributed by atoms with Gasteiger partial charge in [-0.2, -0.15) is 0 Å². The van der Waals surface area contributed by atoms with E-state index in [0.29, 0.717) is 17.0 Å². The molecular formula is C18H19FN4O2. The maximum absolute atomic E-state index is 14.4. The van der Waals surface area contributed by atoms with Crippen molar-refractivity contribution in [2.75, 3.05) is 13.2 Å². The largest absolute Gasteiger partial charge is 0.386 e. The number of nitrogens with zero attached hydrogens (tertiary/aromatic N) is 3. The summed E-state index contributed by atoms with van der Waals surface area (Å²) in [4.78, 5) is 24.8. The van der Waals surface area contributed by atoms with E-state index in [4.69, 9.17) is 10.5 Å². The van der Waals surface area contributed by atoms with Crippen molar-refractivity contribution < 1.29 is 13.9 Å². The summed E-state index contributed by atoms with van der Waals surface area (Å²) in [5, 5.41) is 0. The summed E-state index contributed by atoms with van der Waals surface area (Å²) in [6.07, 6.45) is 3.26. The zero-order chi connectivity index (χ0) is 18.0. The summed E-state index contributed by atoms with van der Waals surface area (Å²) < 4.78 is 19.8. The highest BCUT2D eigenvalue weighted by Gasteiger charge is 2.33. The molecule has 1 aromatic carbocycles. The van der Waals surface area contributed by atoms with E-state index >= 15 is 0 Å². The molecule has 0 bridgehead atoms. The molecule has 2 heterocycles. The Hall–Kier alpha value is -2.67. The highest BCUT2D eigenvalue weighted by atomic mass is 19.1. The first-order chi connectivity index (χ1) is 11.9. The van der Waals surface area contributed by atoms with Gasteiger partial charge in [-0.15, -0.1) is 0 Å². The number of halogens is 1. The average molecular weight is 342 g/mol. The molecule has 2 N–H and O–H groups in total. The predicted octanol–water partition coefficient (Wildman–Crippen LogP) is 1.95. The van der Waals surface area contributed by atoms with Crippen LogP contribution >= 0.6 is 0 Å². The molecule has 7 heteroatoms. The van der Waals surface area contributed by atoms with Crippen molar-refractivity contribution in [1.29, 1.82) is 0 Å². The van der Waals surface area contributed by atoms with Crippen LogP contribution in [-0.2, 0) is 16.7 Å². The van der Waals surface area contributed by atoms with Crippen LogP contribution in [0, 0.1) is 12.7 Å². The molecule has 1 aliphatic rings. The number of aromatic nitrogens is 2. The van der Waals surface area contributed by atoms with E-state index in [1.165, 1.54) is 6.07 Å². The number of ketones is 1. The maximum Gasteiger partial charge on any atom is 0.204 e. The number of aryl methyl sites for hydroxylation is 1. The second-order valence-electron chi connectivity index (χ2n) is 6.37. The maximum atomic E-state index is 14.4. The van der Waals surface area contributed by atoms with Crippen molar-refractivity contribution in [2.45, 2.75) is 25.8 Å². The van der Waals surface area contributed by atoms with E-state index in [2.05, 4.69) is 15.0 Å². The standard InChI is InChI=1S/C18H19FN4O2/c1-11-7-21-17(22-8-11)15(24)6-12-3-4-14(19)13(5-12)18(2)10-25-9-16(20)23-18/h3-5,7-8H,6,9-10H2,1-2H3,(H2,20,23)/t18-/m0/s1. The molecule has 0 aliphatic carbocycles. The third-order valence-electron chi connectivity index (χ3n) is 4.03. The highest BCUT2D eigenvalue weighted by molar-refractivity contribution is 5.94. The lowest BCUT2D eigenvalue weighted by molar-refractivity contribution is 0.0982. The van der Waals surface area contributed by atoms with E-state index in [1.807, 2.05) is 6.92 Å². The molecule has 1 aliphatic heterocycles. The normalized spacial score (nSPS) is 20.2. The quantitative estimate of drug-likeness (QED) is 0.858. The molecule has 0 saturated carbocycles. The van der Waals surface area contributed by atoms with Crippen molar-refractivity contribution in [1.82, 2.24) is 9.97 Å². The van der Waals surface area contributed by atoms with Gasteiger partial charge < -0.3 is 10.5 Å². The molecule has 1 atom stereocenters. The number of benzene rings is 1. The third-order valence-corrected chi connectivity index (χ3v) is 4.03. The van der Waals surface area contributed by atoms with Crippen molar-refractivity contribution >= 4 is 11.6 Å². The summed E-state index contributed by atoms with van der Waals surface area (Å²) in [6.45, 7) is 4.06. The van der Waals surface area contributed by atoms with Gasteiger partial charge in [-0.05, 0) is 37.1 Å². The van der Waals surface area contributed by atoms with Crippen molar-refractivity contribution in [3.05, 3.63) is 58.9 Å². The molecule has 2 aromatic rings. The lowest BCUT2D eigenvalue weighted by atomic mass is 9.90. The Labute approximate surface area is 145 Å². The van der Waals surface area contributed by atoms with Crippen molar-refractivity contribution in [3.63, 3.8) is 0 Å². The Morgan fingerprint density at radius 2 is 2.08 bits per heavy atom. The first-order valence-corrected chi connectivity index (χ1v) is 7.90. The summed E-state index contributed by atoms with van der Waals surface area (Å²) in [7, 11) is 0. The van der Waals surface area contributed by atoms with Gasteiger partial charge in [-0.3, -0.25) is 9.79 Å². The smallest absolute Gasteiger partial charge is 0.204 e. The number of nitrogens with two attached hydrogens (primary N) is 1. The number of amidine groups is 1. The van der Waals surface area contributed by atoms with Gasteiger partial charge in [0.2, 0.25) is 5.78 Å². The van der Waals surface area contributed by atoms with Crippen LogP contribution in [0.15, 0.2) is 35.6 Å². The summed E-state index contributed by atoms with van der Waals surface area (Å²) in [6, 6.07) is 4.54. The summed E-state index contributed by atoms with van der Waals surface area (Å²) in [5.41, 5.74) is 6.71. The van der Waals surface area contributed by atoms with E-state index in [0.717, 1.165) is 5.56 Å². The second-order valence-corrected chi connectivity index (χ2v) is 6.37. The highest BCUT2D eigenvalue weighted by Crippen LogP contribution is 2.31. The lowest BCUT2D eigenvalue weighted by Gasteiger charge is -2.30. The Morgan fingerprint density at radius 3 is 2.76 bits per heavy atom. The minimum Gasteiger partial charge on any atom is -0.386 e. The van der Waals surface area contributed by atoms with Gasteiger partial charge in [-0.1, -0.05) is 6.07 Å². The zero-order valence-corrected chi connectivity index (χ0v) is 14.1. The molecule has 6 nitrogen and oxygen atoms in total. The molecule has 0 unspecified atom stereocenters. The first-order valence-electron chi connectivity index (χ1n) is 7.90. The topological polar surface area (TPSA) is 90.5 Å². The Morgan fingerprint density at radius 1 is 1.36 bits per heavy atom. The van der Waals surface area contributed by atoms with Crippen LogP contribution < -0.4 is 5.73 Å². The molecule has 130 valence electrons. The van der Waals surface area contributed by atoms with Crippen LogP contribution in [0.25, 0.3) is 0 Å². The Kier molecular flexibility index (Phi) is 4.59. The third kappa shape index (κ3) is 3.71. The zero-order valence-electron chi connectivity index (χ0n) is 14.1. The predicted molar refractivity (Wildman–Crippen MR) is 91.0 cm³/mol. The van der Waals surface area contributed by atoms with E-state index in [1.54, 1.807) is 31.5 Å². The number of Topliss-reactive ketones (excluding diaryl/α,β-unsaturated/α-hetero) is 1. The Bertz CT molecular complexity index is 835. The van der Waals surface area contributed by atoms with Crippen LogP contribution in [0.2, 0.25) is 0 Å². The first kappa shape index (κ1) is 17.2. The molecule has 0 radical (unpaired) electrons. The van der Waals surface area contributed by atoms with E-state index in [9.17, 15) is 9.18 Å². The molecule has 3 rings (SSSR count). The fraction of sp³-hybridized carbons (Fsp3) is 0.333. The minimum atomic E-state index is -0.911. The monoisotopic (exact) mass is 342 g/mol. The molecule has 25 heavy (non-hydrogen) atoms. The second kappa shape index (κ2) is 6.68. The van der Waals surface area contributed by atoms with Gasteiger partial charge >= 0.3 is 0 Å². The lowest BCUT2D eigenvalue weighted by Crippen LogP contribution is -2.38. The molecule has 1 aromatic heterocycles. The summed E-state index contributed by atoms with van der Waals surface area (Å²) >= 11 is 0. The van der Waals surface area contributed by atoms with Crippen LogP contribution in [0.4, 0.5) is 4.39 Å². The van der Waals surface area contributed by atoms with Gasteiger partial charge in [0.1, 0.15) is 23.8 Å². The minimum absolute atomic E-state index is 0.0759. The van der Waals surface area contributed by atoms with Crippen molar-refractivity contribution in [3.8, 4) is 0 Å². The fourth-order valence-corrected chi connectivity index (χ4v) is 2.77. The molecule has 0 amide bonds. The number of carbonyl (C=O) groups is 1. The number of aliphatic imine (C=N–C) groups is 1. The van der Waals surface area contributed by atoms with Gasteiger partial charge in [0.05, 0.1) is 6.61 Å². The van der Waals surface area contributed by atoms with E-state index < -0.39 is 11.4 Å². The number of ether oxygens (including phenoxy) is 1. The molecule has 0 spiro atoms. The van der Waals surface area contributed by atoms with Gasteiger partial charge in [-0.25, -0.2) is 14.4 Å². The number of hydrogen-bond donors (Lipinski definition) is 1. The summed E-state index contributed by atoms with van der Waals surface area (Å²) in [5.74, 6) is -0.174. The Balaban J connectivity index is 1.88. The van der Waals surface area contributed by atoms with E-state index in [-0.39, 0.29) is 31.2 Å². The van der Waals surface area contributed by atoms with Gasteiger partial charge in [0.15, 0.2) is 5.82 Å². The van der Waals surface area contributed by atoms with Crippen LogP contribution in [-0.4, -0.2) is 34.8 Å².